The van der Waals surface area contributed by atoms with E-state index in [-0.39, 0.29) is 43.9 Å². The Bertz CT molecular complexity index is 1560. The molecule has 2 aromatic carbocycles. The van der Waals surface area contributed by atoms with Gasteiger partial charge in [0.15, 0.2) is 0 Å². The van der Waals surface area contributed by atoms with Crippen molar-refractivity contribution < 1.29 is 59.3 Å². The third-order valence-electron chi connectivity index (χ3n) is 7.65. The number of hydrogen-bond donors (Lipinski definition) is 4. The summed E-state index contributed by atoms with van der Waals surface area (Å²) in [7, 11) is 0. The summed E-state index contributed by atoms with van der Waals surface area (Å²) in [6.07, 6.45) is -5.09. The van der Waals surface area contributed by atoms with Crippen LogP contribution in [-0.4, -0.2) is 87.0 Å². The second-order valence-electron chi connectivity index (χ2n) is 11.3. The Labute approximate surface area is 287 Å². The smallest absolute Gasteiger partial charge is 0.407 e. The molecule has 11 nitrogen and oxygen atoms in total. The van der Waals surface area contributed by atoms with Crippen LogP contribution in [0.4, 0.5) is 46.0 Å². The number of amides is 3. The molecule has 1 fully saturated rings. The topological polar surface area (TPSA) is 140 Å². The number of alkyl halides is 4. The van der Waals surface area contributed by atoms with E-state index in [1.165, 1.54) is 30.5 Å². The summed E-state index contributed by atoms with van der Waals surface area (Å²) in [5.74, 6) is -3.90. The Morgan fingerprint density at radius 2 is 1.59 bits per heavy atom. The minimum absolute atomic E-state index is 0.0211. The molecule has 0 aliphatic carbocycles. The maximum atomic E-state index is 15.2. The van der Waals surface area contributed by atoms with Crippen molar-refractivity contribution in [3.8, 4) is 0 Å². The van der Waals surface area contributed by atoms with Gasteiger partial charge in [0.25, 0.3) is 0 Å². The highest BCUT2D eigenvalue weighted by Gasteiger charge is 2.34. The first-order valence-corrected chi connectivity index (χ1v) is 15.6. The molecule has 1 saturated heterocycles. The third-order valence-corrected chi connectivity index (χ3v) is 7.65. The number of benzene rings is 2. The van der Waals surface area contributed by atoms with E-state index in [0.717, 1.165) is 30.5 Å². The Hall–Kier alpha value is -4.97. The van der Waals surface area contributed by atoms with Crippen LogP contribution in [0.2, 0.25) is 0 Å². The number of aromatic nitrogens is 1. The molecule has 2 heterocycles. The Morgan fingerprint density at radius 1 is 0.941 bits per heavy atom. The van der Waals surface area contributed by atoms with Gasteiger partial charge in [0, 0.05) is 18.0 Å². The lowest BCUT2D eigenvalue weighted by Crippen LogP contribution is -2.49. The van der Waals surface area contributed by atoms with Crippen LogP contribution in [0.25, 0.3) is 0 Å². The molecule has 0 saturated carbocycles. The van der Waals surface area contributed by atoms with Gasteiger partial charge in [0.2, 0.25) is 5.91 Å². The third kappa shape index (κ3) is 12.1. The fourth-order valence-corrected chi connectivity index (χ4v) is 5.22. The summed E-state index contributed by atoms with van der Waals surface area (Å²) in [5.41, 5.74) is 0.645. The van der Waals surface area contributed by atoms with Gasteiger partial charge in [-0.25, -0.2) is 27.2 Å². The lowest BCUT2D eigenvalue weighted by molar-refractivity contribution is -0.124. The highest BCUT2D eigenvalue weighted by atomic mass is 19.4. The minimum atomic E-state index is -4.59. The van der Waals surface area contributed by atoms with Crippen molar-refractivity contribution in [2.24, 2.45) is 0 Å². The number of rotatable bonds is 14. The van der Waals surface area contributed by atoms with E-state index in [1.807, 2.05) is 0 Å². The molecule has 18 heteroatoms. The van der Waals surface area contributed by atoms with Gasteiger partial charge in [0.1, 0.15) is 49.9 Å². The van der Waals surface area contributed by atoms with Gasteiger partial charge in [-0.1, -0.05) is 24.3 Å². The van der Waals surface area contributed by atoms with Crippen molar-refractivity contribution in [3.05, 3.63) is 95.1 Å². The summed E-state index contributed by atoms with van der Waals surface area (Å²) >= 11 is 0. The highest BCUT2D eigenvalue weighted by molar-refractivity contribution is 5.98. The summed E-state index contributed by atoms with van der Waals surface area (Å²) in [6.45, 7) is -3.17. The number of halogens is 7. The van der Waals surface area contributed by atoms with Crippen LogP contribution in [0.1, 0.15) is 29.0 Å². The normalized spacial score (nSPS) is 16.6. The SMILES string of the molecule is O=C(NCC(F)(F)F)OC[C@@H]1CO[C@H](CCc2c(F)cncc2NC(=O)[C@@H](NC(=O)OCCF)C(c2ccc(F)cc2)c2ccc(F)cc2)CN1. The fourth-order valence-electron chi connectivity index (χ4n) is 5.22. The fraction of sp³-hybridized carbons (Fsp3) is 0.394. The summed E-state index contributed by atoms with van der Waals surface area (Å²) in [4.78, 5) is 41.9. The molecule has 4 rings (SSSR count). The molecule has 4 N–H and O–H groups in total. The van der Waals surface area contributed by atoms with E-state index >= 15 is 4.39 Å². The van der Waals surface area contributed by atoms with E-state index in [1.54, 1.807) is 5.32 Å². The van der Waals surface area contributed by atoms with Gasteiger partial charge < -0.3 is 35.5 Å². The molecule has 3 amide bonds. The van der Waals surface area contributed by atoms with Crippen LogP contribution in [-0.2, 0) is 25.4 Å². The lowest BCUT2D eigenvalue weighted by Gasteiger charge is -2.30. The van der Waals surface area contributed by atoms with Crippen molar-refractivity contribution in [2.45, 2.75) is 43.1 Å². The number of anilines is 1. The molecule has 51 heavy (non-hydrogen) atoms. The van der Waals surface area contributed by atoms with Gasteiger partial charge >= 0.3 is 18.4 Å². The molecule has 3 atom stereocenters. The molecule has 3 aromatic rings. The number of ether oxygens (including phenoxy) is 3. The predicted molar refractivity (Wildman–Crippen MR) is 167 cm³/mol. The van der Waals surface area contributed by atoms with Crippen molar-refractivity contribution in [3.63, 3.8) is 0 Å². The zero-order valence-electron chi connectivity index (χ0n) is 26.8. The molecule has 0 spiro atoms. The monoisotopic (exact) mass is 729 g/mol. The van der Waals surface area contributed by atoms with E-state index in [4.69, 9.17) is 14.2 Å². The van der Waals surface area contributed by atoms with Crippen molar-refractivity contribution >= 4 is 23.8 Å². The van der Waals surface area contributed by atoms with E-state index in [0.29, 0.717) is 11.1 Å². The van der Waals surface area contributed by atoms with Crippen LogP contribution < -0.4 is 21.3 Å². The number of carbonyl (C=O) groups excluding carboxylic acids is 3. The Morgan fingerprint density at radius 3 is 2.16 bits per heavy atom. The largest absolute Gasteiger partial charge is 0.448 e. The van der Waals surface area contributed by atoms with Gasteiger partial charge in [-0.05, 0) is 48.2 Å². The number of morpholine rings is 1. The number of hydrogen-bond acceptors (Lipinski definition) is 8. The van der Waals surface area contributed by atoms with Gasteiger partial charge in [-0.3, -0.25) is 9.78 Å². The van der Waals surface area contributed by atoms with Crippen molar-refractivity contribution in [1.29, 1.82) is 0 Å². The number of nitrogens with zero attached hydrogens (tertiary/aromatic N) is 1. The first-order chi connectivity index (χ1) is 24.3. The lowest BCUT2D eigenvalue weighted by atomic mass is 9.84. The minimum Gasteiger partial charge on any atom is -0.448 e. The highest BCUT2D eigenvalue weighted by Crippen LogP contribution is 2.31. The molecule has 1 aliphatic rings. The number of alkyl carbamates (subject to hydrolysis) is 2. The van der Waals surface area contributed by atoms with Crippen LogP contribution in [0.5, 0.6) is 0 Å². The average molecular weight is 730 g/mol. The van der Waals surface area contributed by atoms with Gasteiger partial charge in [-0.2, -0.15) is 13.2 Å². The van der Waals surface area contributed by atoms with Crippen LogP contribution >= 0.6 is 0 Å². The van der Waals surface area contributed by atoms with Crippen LogP contribution in [0.3, 0.4) is 0 Å². The van der Waals surface area contributed by atoms with Gasteiger partial charge in [0.05, 0.1) is 36.8 Å². The second kappa shape index (κ2) is 18.3. The van der Waals surface area contributed by atoms with Crippen LogP contribution in [0, 0.1) is 17.5 Å². The number of carbonyl (C=O) groups is 3. The Balaban J connectivity index is 1.47. The molecule has 0 bridgehead atoms. The first kappa shape index (κ1) is 38.8. The molecular formula is C33H34F7N5O6. The quantitative estimate of drug-likeness (QED) is 0.172. The maximum absolute atomic E-state index is 15.2. The Kier molecular flexibility index (Phi) is 13.9. The molecule has 1 aliphatic heterocycles. The zero-order chi connectivity index (χ0) is 37.0. The predicted octanol–water partition coefficient (Wildman–Crippen LogP) is 4.91. The maximum Gasteiger partial charge on any atom is 0.407 e. The second-order valence-corrected chi connectivity index (χ2v) is 11.3. The summed E-state index contributed by atoms with van der Waals surface area (Å²) < 4.78 is 108. The van der Waals surface area contributed by atoms with E-state index in [2.05, 4.69) is 20.9 Å². The van der Waals surface area contributed by atoms with E-state index < -0.39 is 85.7 Å². The van der Waals surface area contributed by atoms with Gasteiger partial charge in [-0.15, -0.1) is 0 Å². The van der Waals surface area contributed by atoms with Crippen molar-refractivity contribution in [1.82, 2.24) is 20.9 Å². The van der Waals surface area contributed by atoms with Crippen LogP contribution in [0.15, 0.2) is 60.9 Å². The molecule has 276 valence electrons. The number of pyridine rings is 1. The average Bonchev–Trinajstić information content (AvgIpc) is 3.10. The molecule has 1 aromatic heterocycles. The molecule has 0 unspecified atom stereocenters. The molecular weight excluding hydrogens is 695 g/mol. The number of nitrogens with one attached hydrogen (secondary N) is 4. The molecule has 0 radical (unpaired) electrons. The van der Waals surface area contributed by atoms with E-state index in [9.17, 15) is 40.7 Å². The standard InChI is InChI=1S/C33H34F7N5O6/c34-11-12-49-32(48)45-29(28(19-1-5-21(35)6-2-19)20-3-7-22(36)8-4-20)30(46)44-27-15-41-14-26(37)25(27)10-9-24-13-42-23(16-50-24)17-51-31(47)43-18-33(38,39)40/h1-8,14-15,23-24,28-29,42H,9-13,16-18H2,(H,43,47)(H,44,46)(H,45,48)/t23-,24+,29-/m0/s1. The zero-order valence-corrected chi connectivity index (χ0v) is 26.8. The summed E-state index contributed by atoms with van der Waals surface area (Å²) in [6, 6.07) is 7.93. The first-order valence-electron chi connectivity index (χ1n) is 15.6. The van der Waals surface area contributed by atoms with Crippen molar-refractivity contribution in [2.75, 3.05) is 44.9 Å². The summed E-state index contributed by atoms with van der Waals surface area (Å²) in [5, 5.41) is 9.61.